The Morgan fingerprint density at radius 2 is 1.06 bits per heavy atom. The Hall–Kier alpha value is -3.35. The number of hydrogen-bond donors (Lipinski definition) is 1. The maximum absolute atomic E-state index is 9.75. The minimum absolute atomic E-state index is 0.0763. The third kappa shape index (κ3) is 7.33. The Kier molecular flexibility index (Phi) is 7.82. The molecule has 0 unspecified atom stereocenters. The van der Waals surface area contributed by atoms with Crippen LogP contribution >= 0.6 is 0 Å². The average molecular weight is 497 g/mol. The number of benzene rings is 2. The van der Waals surface area contributed by atoms with E-state index in [1.165, 1.54) is 16.7 Å². The zero-order valence-corrected chi connectivity index (χ0v) is 21.5. The summed E-state index contributed by atoms with van der Waals surface area (Å²) in [6.45, 7) is 13.2. The van der Waals surface area contributed by atoms with Crippen molar-refractivity contribution < 1.29 is 27.0 Å². The third-order valence-corrected chi connectivity index (χ3v) is 5.55. The molecule has 0 aromatic heterocycles. The molecule has 36 heavy (non-hydrogen) atoms. The van der Waals surface area contributed by atoms with Crippen molar-refractivity contribution in [3.05, 3.63) is 113 Å². The molecule has 2 aliphatic heterocycles. The van der Waals surface area contributed by atoms with E-state index in [2.05, 4.69) is 125 Å². The summed E-state index contributed by atoms with van der Waals surface area (Å²) in [5, 5.41) is 0. The van der Waals surface area contributed by atoms with Crippen molar-refractivity contribution in [2.45, 2.75) is 41.5 Å². The lowest BCUT2D eigenvalue weighted by atomic mass is 9.86. The highest BCUT2D eigenvalue weighted by Gasteiger charge is 2.32. The summed E-state index contributed by atoms with van der Waals surface area (Å²) >= 11 is 0. The van der Waals surface area contributed by atoms with Gasteiger partial charge in [0.2, 0.25) is 11.4 Å². The first-order valence-corrected chi connectivity index (χ1v) is 11.8. The van der Waals surface area contributed by atoms with Gasteiger partial charge in [-0.15, -0.1) is 0 Å². The van der Waals surface area contributed by atoms with Crippen molar-refractivity contribution in [3.8, 4) is 0 Å². The zero-order valence-electron chi connectivity index (χ0n) is 21.5. The second kappa shape index (κ2) is 10.3. The molecule has 0 saturated heterocycles. The minimum atomic E-state index is -6.00. The van der Waals surface area contributed by atoms with E-state index in [1.54, 1.807) is 0 Å². The molecule has 0 bridgehead atoms. The first-order chi connectivity index (χ1) is 16.6. The summed E-state index contributed by atoms with van der Waals surface area (Å²) < 4.78 is 45.4. The summed E-state index contributed by atoms with van der Waals surface area (Å²) in [5.74, 6) is 1.99. The molecular formula is C29H32BF4NO. The molecule has 0 aliphatic carbocycles. The first-order valence-electron chi connectivity index (χ1n) is 11.8. The molecule has 1 N–H and O–H groups in total. The van der Waals surface area contributed by atoms with E-state index in [-0.39, 0.29) is 10.8 Å². The van der Waals surface area contributed by atoms with Crippen LogP contribution in [0.4, 0.5) is 17.3 Å². The van der Waals surface area contributed by atoms with E-state index in [0.717, 1.165) is 28.5 Å². The summed E-state index contributed by atoms with van der Waals surface area (Å²) in [7, 11) is -6.00. The fraction of sp³-hybridized carbons (Fsp3) is 0.276. The highest BCUT2D eigenvalue weighted by atomic mass is 19.5. The van der Waals surface area contributed by atoms with Crippen LogP contribution in [0.15, 0.2) is 102 Å². The molecular weight excluding hydrogens is 465 g/mol. The molecule has 2 aliphatic rings. The smallest absolute Gasteiger partial charge is 0.465 e. The summed E-state index contributed by atoms with van der Waals surface area (Å²) in [6.07, 6.45) is 6.64. The normalized spacial score (nSPS) is 16.3. The summed E-state index contributed by atoms with van der Waals surface area (Å²) in [4.78, 5) is 3.73. The second-order valence-corrected chi connectivity index (χ2v) is 10.8. The van der Waals surface area contributed by atoms with Crippen LogP contribution in [0.25, 0.3) is 5.57 Å². The molecule has 190 valence electrons. The Labute approximate surface area is 210 Å². The maximum atomic E-state index is 9.75. The summed E-state index contributed by atoms with van der Waals surface area (Å²) in [5.41, 5.74) is 6.83. The van der Waals surface area contributed by atoms with Crippen LogP contribution in [0.5, 0.6) is 0 Å². The fourth-order valence-electron chi connectivity index (χ4n) is 3.68. The molecule has 4 rings (SSSR count). The lowest BCUT2D eigenvalue weighted by Gasteiger charge is -2.32. The number of halogens is 4. The molecule has 2 aromatic carbocycles. The maximum Gasteiger partial charge on any atom is 0.673 e. The molecule has 0 saturated carbocycles. The van der Waals surface area contributed by atoms with E-state index in [0.29, 0.717) is 0 Å². The van der Waals surface area contributed by atoms with E-state index in [9.17, 15) is 17.3 Å². The van der Waals surface area contributed by atoms with Crippen LogP contribution in [0.3, 0.4) is 0 Å². The topological polar surface area (TPSA) is 23.2 Å². The SMILES string of the molecule is CC(C)(C)C1=CC(=C2C=C(c3ccccc3)C(c3ccccc3)=[NH+]2)C=C(C(C)(C)C)O1.F[B-](F)(F)F. The lowest BCUT2D eigenvalue weighted by Crippen LogP contribution is -2.68. The van der Waals surface area contributed by atoms with Crippen LogP contribution in [-0.2, 0) is 4.74 Å². The van der Waals surface area contributed by atoms with E-state index >= 15 is 0 Å². The van der Waals surface area contributed by atoms with Crippen LogP contribution in [0, 0.1) is 10.8 Å². The lowest BCUT2D eigenvalue weighted by molar-refractivity contribution is -0.386. The largest absolute Gasteiger partial charge is 0.673 e. The van der Waals surface area contributed by atoms with Crippen LogP contribution in [0.2, 0.25) is 0 Å². The predicted molar refractivity (Wildman–Crippen MR) is 139 cm³/mol. The van der Waals surface area contributed by atoms with Crippen molar-refractivity contribution in [2.24, 2.45) is 10.8 Å². The number of ether oxygens (including phenoxy) is 1. The second-order valence-electron chi connectivity index (χ2n) is 10.8. The third-order valence-electron chi connectivity index (χ3n) is 5.55. The van der Waals surface area contributed by atoms with Crippen LogP contribution in [0.1, 0.15) is 52.7 Å². The first kappa shape index (κ1) is 27.2. The Balaban J connectivity index is 0.000000658. The van der Waals surface area contributed by atoms with Crippen molar-refractivity contribution in [1.82, 2.24) is 0 Å². The highest BCUT2D eigenvalue weighted by Crippen LogP contribution is 2.39. The van der Waals surface area contributed by atoms with Crippen molar-refractivity contribution in [2.75, 3.05) is 0 Å². The molecule has 0 radical (unpaired) electrons. The molecule has 7 heteroatoms. The quantitative estimate of drug-likeness (QED) is 0.347. The Morgan fingerprint density at radius 3 is 1.47 bits per heavy atom. The van der Waals surface area contributed by atoms with E-state index in [4.69, 9.17) is 4.74 Å². The number of allylic oxidation sites excluding steroid dienone is 7. The molecule has 0 amide bonds. The fourth-order valence-corrected chi connectivity index (χ4v) is 3.68. The van der Waals surface area contributed by atoms with Gasteiger partial charge in [0, 0.05) is 22.5 Å². The van der Waals surface area contributed by atoms with Gasteiger partial charge < -0.3 is 22.0 Å². The van der Waals surface area contributed by atoms with Crippen molar-refractivity contribution in [3.63, 3.8) is 0 Å². The minimum Gasteiger partial charge on any atom is -0.465 e. The Bertz CT molecular complexity index is 1140. The van der Waals surface area contributed by atoms with Crippen LogP contribution in [-0.4, -0.2) is 13.0 Å². The number of nitrogens with one attached hydrogen (secondary N) is 1. The van der Waals surface area contributed by atoms with Gasteiger partial charge in [-0.25, -0.2) is 4.99 Å². The zero-order chi connectivity index (χ0) is 26.7. The van der Waals surface area contributed by atoms with E-state index < -0.39 is 7.25 Å². The van der Waals surface area contributed by atoms with Crippen molar-refractivity contribution in [1.29, 1.82) is 0 Å². The van der Waals surface area contributed by atoms with Gasteiger partial charge in [0.25, 0.3) is 0 Å². The standard InChI is InChI=1S/C29H31NO.BF4/c1-28(2,3)25-17-22(18-26(31-25)29(4,5)6)24-19-23(20-13-9-7-10-14-20)27(30-24)21-15-11-8-12-16-21;2-1(3,4)5/h7-19H,1-6H3;/q;-1/p+1. The predicted octanol–water partition coefficient (Wildman–Crippen LogP) is 7.10. The number of rotatable bonds is 2. The molecule has 0 fully saturated rings. The van der Waals surface area contributed by atoms with Gasteiger partial charge in [-0.2, -0.15) is 0 Å². The van der Waals surface area contributed by atoms with Crippen LogP contribution < -0.4 is 4.99 Å². The molecule has 0 spiro atoms. The number of hydrogen-bond acceptors (Lipinski definition) is 1. The van der Waals surface area contributed by atoms with Gasteiger partial charge in [0.05, 0.1) is 11.1 Å². The van der Waals surface area contributed by atoms with Gasteiger partial charge >= 0.3 is 7.25 Å². The van der Waals surface area contributed by atoms with Gasteiger partial charge in [0.15, 0.2) is 0 Å². The summed E-state index contributed by atoms with van der Waals surface area (Å²) in [6, 6.07) is 21.1. The van der Waals surface area contributed by atoms with Gasteiger partial charge in [-0.05, 0) is 29.8 Å². The molecule has 0 atom stereocenters. The van der Waals surface area contributed by atoms with Gasteiger partial charge in [-0.1, -0.05) is 90.1 Å². The highest BCUT2D eigenvalue weighted by molar-refractivity contribution is 6.50. The van der Waals surface area contributed by atoms with Gasteiger partial charge in [0.1, 0.15) is 11.5 Å². The monoisotopic (exact) mass is 497 g/mol. The van der Waals surface area contributed by atoms with Crippen molar-refractivity contribution >= 4 is 18.5 Å². The average Bonchev–Trinajstić information content (AvgIpc) is 3.23. The molecule has 2 heterocycles. The Morgan fingerprint density at radius 1 is 0.639 bits per heavy atom. The van der Waals surface area contributed by atoms with E-state index in [1.807, 2.05) is 0 Å². The molecule has 2 nitrogen and oxygen atoms in total. The molecule has 2 aromatic rings. The van der Waals surface area contributed by atoms with Gasteiger partial charge in [-0.3, -0.25) is 0 Å².